The van der Waals surface area contributed by atoms with Crippen LogP contribution in [-0.2, 0) is 0 Å². The molecule has 0 amide bonds. The van der Waals surface area contributed by atoms with E-state index in [1.807, 2.05) is 6.07 Å². The zero-order valence-corrected chi connectivity index (χ0v) is 10.2. The summed E-state index contributed by atoms with van der Waals surface area (Å²) < 4.78 is 0. The van der Waals surface area contributed by atoms with E-state index < -0.39 is 0 Å². The van der Waals surface area contributed by atoms with Crippen molar-refractivity contribution in [2.24, 2.45) is 5.92 Å². The number of nitrogen functional groups attached to an aromatic ring is 1. The summed E-state index contributed by atoms with van der Waals surface area (Å²) in [5.41, 5.74) is 8.22. The predicted molar refractivity (Wildman–Crippen MR) is 70.6 cm³/mol. The number of anilines is 2. The molecule has 0 heterocycles. The van der Waals surface area contributed by atoms with Crippen LogP contribution in [0.4, 0.5) is 11.4 Å². The van der Waals surface area contributed by atoms with Gasteiger partial charge in [0.05, 0.1) is 23.0 Å². The first-order valence-electron chi connectivity index (χ1n) is 6.27. The zero-order chi connectivity index (χ0) is 12.3. The monoisotopic (exact) mass is 229 g/mol. The van der Waals surface area contributed by atoms with Gasteiger partial charge in [-0.15, -0.1) is 0 Å². The standard InChI is InChI=1S/C14H19N3/c1-10-4-2-3-5-13(10)17-14-8-11(9-15)6-7-12(14)16/h6-8,10,13,17H,2-5,16H2,1H3. The molecule has 0 saturated heterocycles. The Hall–Kier alpha value is -1.69. The number of rotatable bonds is 2. The largest absolute Gasteiger partial charge is 0.397 e. The Bertz CT molecular complexity index is 434. The van der Waals surface area contributed by atoms with Crippen LogP contribution in [-0.4, -0.2) is 6.04 Å². The third-order valence-electron chi connectivity index (χ3n) is 3.63. The molecule has 3 heteroatoms. The normalized spacial score (nSPS) is 24.0. The Balaban J connectivity index is 2.14. The van der Waals surface area contributed by atoms with E-state index in [9.17, 15) is 0 Å². The van der Waals surface area contributed by atoms with E-state index in [4.69, 9.17) is 11.0 Å². The summed E-state index contributed by atoms with van der Waals surface area (Å²) >= 11 is 0. The van der Waals surface area contributed by atoms with Gasteiger partial charge < -0.3 is 11.1 Å². The maximum absolute atomic E-state index is 8.89. The van der Waals surface area contributed by atoms with Crippen molar-refractivity contribution in [2.45, 2.75) is 38.6 Å². The van der Waals surface area contributed by atoms with Gasteiger partial charge in [-0.25, -0.2) is 0 Å². The number of nitriles is 1. The number of nitrogens with one attached hydrogen (secondary N) is 1. The van der Waals surface area contributed by atoms with Crippen LogP contribution in [0.2, 0.25) is 0 Å². The number of hydrogen-bond donors (Lipinski definition) is 2. The van der Waals surface area contributed by atoms with E-state index in [2.05, 4.69) is 18.3 Å². The van der Waals surface area contributed by atoms with Crippen molar-refractivity contribution in [3.63, 3.8) is 0 Å². The Morgan fingerprint density at radius 2 is 2.12 bits per heavy atom. The van der Waals surface area contributed by atoms with Gasteiger partial charge in [0.25, 0.3) is 0 Å². The van der Waals surface area contributed by atoms with Crippen LogP contribution >= 0.6 is 0 Å². The maximum atomic E-state index is 8.89. The SMILES string of the molecule is CC1CCCCC1Nc1cc(C#N)ccc1N. The van der Waals surface area contributed by atoms with Crippen molar-refractivity contribution in [3.05, 3.63) is 23.8 Å². The Labute approximate surface area is 103 Å². The van der Waals surface area contributed by atoms with Gasteiger partial charge in [0.15, 0.2) is 0 Å². The smallest absolute Gasteiger partial charge is 0.0992 e. The molecular weight excluding hydrogens is 210 g/mol. The summed E-state index contributed by atoms with van der Waals surface area (Å²) in [6.45, 7) is 2.28. The first kappa shape index (κ1) is 11.8. The summed E-state index contributed by atoms with van der Waals surface area (Å²) in [7, 11) is 0. The molecule has 1 aromatic rings. The molecule has 90 valence electrons. The Kier molecular flexibility index (Phi) is 3.53. The number of benzene rings is 1. The molecule has 3 nitrogen and oxygen atoms in total. The first-order chi connectivity index (χ1) is 8.20. The van der Waals surface area contributed by atoms with Crippen LogP contribution in [0.15, 0.2) is 18.2 Å². The average molecular weight is 229 g/mol. The van der Waals surface area contributed by atoms with Crippen LogP contribution in [0.1, 0.15) is 38.2 Å². The van der Waals surface area contributed by atoms with Gasteiger partial charge in [0.1, 0.15) is 0 Å². The van der Waals surface area contributed by atoms with E-state index in [1.54, 1.807) is 12.1 Å². The minimum Gasteiger partial charge on any atom is -0.397 e. The topological polar surface area (TPSA) is 61.8 Å². The van der Waals surface area contributed by atoms with Crippen molar-refractivity contribution < 1.29 is 0 Å². The van der Waals surface area contributed by atoms with Crippen LogP contribution in [0.3, 0.4) is 0 Å². The molecule has 0 radical (unpaired) electrons. The third kappa shape index (κ3) is 2.71. The van der Waals surface area contributed by atoms with Crippen molar-refractivity contribution in [1.29, 1.82) is 5.26 Å². The summed E-state index contributed by atoms with van der Waals surface area (Å²) in [6.07, 6.45) is 5.07. The molecule has 0 bridgehead atoms. The molecule has 3 N–H and O–H groups in total. The van der Waals surface area contributed by atoms with Gasteiger partial charge in [0.2, 0.25) is 0 Å². The molecule has 0 spiro atoms. The predicted octanol–water partition coefficient (Wildman–Crippen LogP) is 3.13. The van der Waals surface area contributed by atoms with Crippen molar-refractivity contribution in [3.8, 4) is 6.07 Å². The van der Waals surface area contributed by atoms with Crippen molar-refractivity contribution in [2.75, 3.05) is 11.1 Å². The Morgan fingerprint density at radius 3 is 2.82 bits per heavy atom. The molecule has 1 aromatic carbocycles. The molecule has 1 aliphatic carbocycles. The second kappa shape index (κ2) is 5.09. The van der Waals surface area contributed by atoms with Gasteiger partial charge in [-0.05, 0) is 37.0 Å². The number of hydrogen-bond acceptors (Lipinski definition) is 3. The van der Waals surface area contributed by atoms with E-state index in [1.165, 1.54) is 25.7 Å². The second-order valence-corrected chi connectivity index (χ2v) is 4.93. The summed E-state index contributed by atoms with van der Waals surface area (Å²) in [4.78, 5) is 0. The summed E-state index contributed by atoms with van der Waals surface area (Å²) in [5.74, 6) is 0.675. The van der Waals surface area contributed by atoms with Gasteiger partial charge in [-0.3, -0.25) is 0 Å². The average Bonchev–Trinajstić information content (AvgIpc) is 2.35. The fourth-order valence-electron chi connectivity index (χ4n) is 2.48. The Morgan fingerprint density at radius 1 is 1.35 bits per heavy atom. The second-order valence-electron chi connectivity index (χ2n) is 4.93. The first-order valence-corrected chi connectivity index (χ1v) is 6.27. The summed E-state index contributed by atoms with van der Waals surface area (Å²) in [6, 6.07) is 8.03. The molecule has 2 atom stereocenters. The quantitative estimate of drug-likeness (QED) is 0.766. The molecule has 1 saturated carbocycles. The highest BCUT2D eigenvalue weighted by Crippen LogP contribution is 2.29. The van der Waals surface area contributed by atoms with Crippen LogP contribution in [0.5, 0.6) is 0 Å². The fourth-order valence-corrected chi connectivity index (χ4v) is 2.48. The fraction of sp³-hybridized carbons (Fsp3) is 0.500. The minimum absolute atomic E-state index is 0.486. The lowest BCUT2D eigenvalue weighted by atomic mass is 9.86. The molecule has 0 aliphatic heterocycles. The lowest BCUT2D eigenvalue weighted by molar-refractivity contribution is 0.349. The summed E-state index contributed by atoms with van der Waals surface area (Å²) in [5, 5.41) is 12.4. The molecular formula is C14H19N3. The number of nitrogens with zero attached hydrogens (tertiary/aromatic N) is 1. The lowest BCUT2D eigenvalue weighted by Gasteiger charge is -2.30. The van der Waals surface area contributed by atoms with Gasteiger partial charge in [0, 0.05) is 6.04 Å². The molecule has 1 fully saturated rings. The zero-order valence-electron chi connectivity index (χ0n) is 10.2. The van der Waals surface area contributed by atoms with Crippen LogP contribution < -0.4 is 11.1 Å². The molecule has 17 heavy (non-hydrogen) atoms. The van der Waals surface area contributed by atoms with Crippen molar-refractivity contribution in [1.82, 2.24) is 0 Å². The minimum atomic E-state index is 0.486. The van der Waals surface area contributed by atoms with E-state index in [0.29, 0.717) is 17.5 Å². The molecule has 1 aliphatic rings. The molecule has 2 unspecified atom stereocenters. The number of nitrogens with two attached hydrogens (primary N) is 1. The lowest BCUT2D eigenvalue weighted by Crippen LogP contribution is -2.30. The van der Waals surface area contributed by atoms with Crippen LogP contribution in [0, 0.1) is 17.2 Å². The van der Waals surface area contributed by atoms with Crippen LogP contribution in [0.25, 0.3) is 0 Å². The maximum Gasteiger partial charge on any atom is 0.0992 e. The van der Waals surface area contributed by atoms with E-state index in [0.717, 1.165) is 11.4 Å². The molecule has 0 aromatic heterocycles. The van der Waals surface area contributed by atoms with E-state index >= 15 is 0 Å². The highest BCUT2D eigenvalue weighted by molar-refractivity contribution is 5.68. The third-order valence-corrected chi connectivity index (χ3v) is 3.63. The van der Waals surface area contributed by atoms with Crippen molar-refractivity contribution >= 4 is 11.4 Å². The van der Waals surface area contributed by atoms with E-state index in [-0.39, 0.29) is 0 Å². The molecule has 2 rings (SSSR count). The van der Waals surface area contributed by atoms with Gasteiger partial charge in [-0.2, -0.15) is 5.26 Å². The van der Waals surface area contributed by atoms with Gasteiger partial charge >= 0.3 is 0 Å². The van der Waals surface area contributed by atoms with Gasteiger partial charge in [-0.1, -0.05) is 19.8 Å². The highest BCUT2D eigenvalue weighted by atomic mass is 14.9. The highest BCUT2D eigenvalue weighted by Gasteiger charge is 2.21.